The molecule has 2 unspecified atom stereocenters. The van der Waals surface area contributed by atoms with Crippen LogP contribution >= 0.6 is 0 Å². The topological polar surface area (TPSA) is 193 Å². The number of amides is 5. The van der Waals surface area contributed by atoms with Gasteiger partial charge in [0.15, 0.2) is 5.78 Å². The number of epoxide rings is 1. The first-order valence-electron chi connectivity index (χ1n) is 20.1. The van der Waals surface area contributed by atoms with Crippen LogP contribution in [0.1, 0.15) is 77.6 Å². The van der Waals surface area contributed by atoms with Gasteiger partial charge >= 0.3 is 12.0 Å². The van der Waals surface area contributed by atoms with E-state index >= 15 is 0 Å². The van der Waals surface area contributed by atoms with Crippen LogP contribution in [-0.4, -0.2) is 106 Å². The van der Waals surface area contributed by atoms with Crippen molar-refractivity contribution in [3.8, 4) is 5.95 Å². The zero-order valence-corrected chi connectivity index (χ0v) is 34.2. The molecule has 2 aliphatic rings. The van der Waals surface area contributed by atoms with Gasteiger partial charge in [0.05, 0.1) is 24.8 Å². The van der Waals surface area contributed by atoms with Crippen molar-refractivity contribution in [3.63, 3.8) is 0 Å². The number of nitrogens with one attached hydrogen (secondary N) is 3. The predicted octanol–water partition coefficient (Wildman–Crippen LogP) is 3.78. The summed E-state index contributed by atoms with van der Waals surface area (Å²) in [6.07, 6.45) is 0.609. The molecule has 3 heterocycles. The van der Waals surface area contributed by atoms with E-state index in [1.54, 1.807) is 6.92 Å². The quantitative estimate of drug-likeness (QED) is 0.142. The third-order valence-corrected chi connectivity index (χ3v) is 10.6. The number of rotatable bonds is 20. The number of ether oxygens (including phenoxy) is 2. The number of aryl methyl sites for hydroxylation is 1. The Bertz CT molecular complexity index is 1890. The summed E-state index contributed by atoms with van der Waals surface area (Å²) in [6, 6.07) is 15.9. The number of carbonyl (C=O) groups is 6. The number of aromatic nitrogens is 1. The van der Waals surface area contributed by atoms with Crippen molar-refractivity contribution in [3.05, 3.63) is 83.6 Å². The Morgan fingerprint density at radius 1 is 0.948 bits per heavy atom. The van der Waals surface area contributed by atoms with Gasteiger partial charge in [0.25, 0.3) is 0 Å². The van der Waals surface area contributed by atoms with Crippen LogP contribution in [0.3, 0.4) is 0 Å². The molecule has 15 nitrogen and oxygen atoms in total. The summed E-state index contributed by atoms with van der Waals surface area (Å²) in [5.41, 5.74) is 1.02. The highest BCUT2D eigenvalue weighted by atomic mass is 16.7. The van der Waals surface area contributed by atoms with Crippen molar-refractivity contribution in [2.75, 3.05) is 19.7 Å². The second-order valence-electron chi connectivity index (χ2n) is 15.7. The standard InChI is InChI=1S/C43H56N6O9/c1-7-48(8-2)42(55)57-37-25-31(47-58-37)24-36(50)44-32(20-19-29-15-11-9-12-16-29)39(52)46-34-22-28(5)49(41(34)54)35(23-30-17-13-10-14-18-30)40(53)45-33(21-27(3)4)38(51)43(6)26-56-43/h9-18,25,27-28,32-35H,7-8,19-24,26H2,1-6H3,(H,44,50)(H,45,53)(H,46,52)/t28?,32-,33-,34-,35-,43?/m0/s1. The number of hydrogen-bond acceptors (Lipinski definition) is 10. The van der Waals surface area contributed by atoms with Crippen molar-refractivity contribution >= 4 is 35.5 Å². The molecule has 5 rings (SSSR count). The Hall–Kier alpha value is -5.57. The minimum Gasteiger partial charge on any atom is -0.374 e. The highest BCUT2D eigenvalue weighted by Gasteiger charge is 2.51. The van der Waals surface area contributed by atoms with Gasteiger partial charge in [0.2, 0.25) is 23.6 Å². The van der Waals surface area contributed by atoms with E-state index < -0.39 is 65.5 Å². The molecule has 312 valence electrons. The van der Waals surface area contributed by atoms with Gasteiger partial charge in [-0.2, -0.15) is 0 Å². The minimum absolute atomic E-state index is 0.0992. The molecule has 0 saturated carbocycles. The second kappa shape index (κ2) is 19.7. The monoisotopic (exact) mass is 800 g/mol. The van der Waals surface area contributed by atoms with E-state index in [0.29, 0.717) is 25.9 Å². The normalized spacial score (nSPS) is 20.2. The van der Waals surface area contributed by atoms with Crippen molar-refractivity contribution < 1.29 is 42.8 Å². The molecule has 3 N–H and O–H groups in total. The van der Waals surface area contributed by atoms with Crippen LogP contribution in [0, 0.1) is 5.92 Å². The minimum atomic E-state index is -1.03. The SMILES string of the molecule is CCN(CC)C(=O)Oc1cc(CC(=O)N[C@@H](CCc2ccccc2)C(=O)N[C@H]2CC(C)N([C@@H](Cc3ccccc3)C(=O)N[C@@H](CC(C)C)C(=O)C3(C)CO3)C2=O)no1. The van der Waals surface area contributed by atoms with Gasteiger partial charge < -0.3 is 39.7 Å². The lowest BCUT2D eigenvalue weighted by Gasteiger charge is -2.33. The summed E-state index contributed by atoms with van der Waals surface area (Å²) in [5, 5.41) is 12.5. The van der Waals surface area contributed by atoms with Crippen LogP contribution < -0.4 is 20.7 Å². The number of ketones is 1. The fraction of sp³-hybridized carbons (Fsp3) is 0.512. The molecule has 1 aromatic heterocycles. The van der Waals surface area contributed by atoms with Gasteiger partial charge in [0, 0.05) is 31.6 Å². The summed E-state index contributed by atoms with van der Waals surface area (Å²) >= 11 is 0. The van der Waals surface area contributed by atoms with E-state index in [1.807, 2.05) is 95.3 Å². The first-order chi connectivity index (χ1) is 27.7. The summed E-state index contributed by atoms with van der Waals surface area (Å²) in [7, 11) is 0. The van der Waals surface area contributed by atoms with Crippen LogP contribution in [0.5, 0.6) is 5.95 Å². The fourth-order valence-electron chi connectivity index (χ4n) is 7.24. The van der Waals surface area contributed by atoms with Gasteiger partial charge in [0.1, 0.15) is 23.7 Å². The number of benzene rings is 2. The third kappa shape index (κ3) is 11.5. The average Bonchev–Trinajstić information content (AvgIpc) is 3.70. The smallest absolute Gasteiger partial charge is 0.374 e. The maximum atomic E-state index is 14.3. The van der Waals surface area contributed by atoms with Crippen molar-refractivity contribution in [1.29, 1.82) is 0 Å². The van der Waals surface area contributed by atoms with E-state index in [-0.39, 0.29) is 55.6 Å². The Labute approximate surface area is 339 Å². The molecule has 0 radical (unpaired) electrons. The Balaban J connectivity index is 1.30. The summed E-state index contributed by atoms with van der Waals surface area (Å²) < 4.78 is 15.8. The summed E-state index contributed by atoms with van der Waals surface area (Å²) in [4.78, 5) is 84.6. The summed E-state index contributed by atoms with van der Waals surface area (Å²) in [5.74, 6) is -2.27. The molecule has 0 bridgehead atoms. The number of likely N-dealkylation sites (tertiary alicyclic amines) is 1. The number of nitrogens with zero attached hydrogens (tertiary/aromatic N) is 3. The third-order valence-electron chi connectivity index (χ3n) is 10.6. The molecule has 2 aliphatic heterocycles. The van der Waals surface area contributed by atoms with Crippen LogP contribution in [0.15, 0.2) is 71.3 Å². The van der Waals surface area contributed by atoms with E-state index in [0.717, 1.165) is 11.1 Å². The molecule has 15 heteroatoms. The zero-order valence-electron chi connectivity index (χ0n) is 34.2. The van der Waals surface area contributed by atoms with Crippen molar-refractivity contribution in [2.45, 2.75) is 116 Å². The molecule has 3 aromatic rings. The molecular formula is C43H56N6O9. The van der Waals surface area contributed by atoms with Gasteiger partial charge in [-0.25, -0.2) is 4.79 Å². The molecule has 6 atom stereocenters. The van der Waals surface area contributed by atoms with E-state index in [2.05, 4.69) is 21.1 Å². The van der Waals surface area contributed by atoms with Gasteiger partial charge in [-0.3, -0.25) is 24.0 Å². The van der Waals surface area contributed by atoms with Crippen molar-refractivity contribution in [1.82, 2.24) is 30.9 Å². The maximum Gasteiger partial charge on any atom is 0.417 e. The predicted molar refractivity (Wildman–Crippen MR) is 213 cm³/mol. The molecule has 2 saturated heterocycles. The first kappa shape index (κ1) is 43.6. The second-order valence-corrected chi connectivity index (χ2v) is 15.7. The molecule has 58 heavy (non-hydrogen) atoms. The van der Waals surface area contributed by atoms with Gasteiger partial charge in [-0.05, 0) is 70.4 Å². The molecule has 2 fully saturated rings. The molecule has 0 aliphatic carbocycles. The molecular weight excluding hydrogens is 745 g/mol. The van der Waals surface area contributed by atoms with Crippen molar-refractivity contribution in [2.24, 2.45) is 5.92 Å². The van der Waals surface area contributed by atoms with Crippen LogP contribution in [0.25, 0.3) is 0 Å². The zero-order chi connectivity index (χ0) is 42.0. The van der Waals surface area contributed by atoms with Crippen LogP contribution in [0.2, 0.25) is 0 Å². The average molecular weight is 801 g/mol. The highest BCUT2D eigenvalue weighted by Crippen LogP contribution is 2.30. The molecule has 5 amide bonds. The van der Waals surface area contributed by atoms with Gasteiger partial charge in [-0.15, -0.1) is 0 Å². The number of carbonyl (C=O) groups excluding carboxylic acids is 6. The summed E-state index contributed by atoms with van der Waals surface area (Å²) in [6.45, 7) is 12.3. The highest BCUT2D eigenvalue weighted by molar-refractivity contribution is 5.99. The lowest BCUT2D eigenvalue weighted by Crippen LogP contribution is -2.57. The Kier molecular flexibility index (Phi) is 14.8. The van der Waals surface area contributed by atoms with E-state index in [4.69, 9.17) is 14.0 Å². The van der Waals surface area contributed by atoms with E-state index in [9.17, 15) is 28.8 Å². The van der Waals surface area contributed by atoms with E-state index in [1.165, 1.54) is 15.9 Å². The Morgan fingerprint density at radius 3 is 2.19 bits per heavy atom. The maximum absolute atomic E-state index is 14.3. The molecule has 2 aromatic carbocycles. The van der Waals surface area contributed by atoms with Crippen LogP contribution in [0.4, 0.5) is 4.79 Å². The molecule has 0 spiro atoms. The van der Waals surface area contributed by atoms with Crippen LogP contribution in [-0.2, 0) is 48.0 Å². The lowest BCUT2D eigenvalue weighted by molar-refractivity contribution is -0.142. The van der Waals surface area contributed by atoms with Gasteiger partial charge in [-0.1, -0.05) is 79.7 Å². The largest absolute Gasteiger partial charge is 0.417 e. The lowest BCUT2D eigenvalue weighted by atomic mass is 9.92. The Morgan fingerprint density at radius 2 is 1.59 bits per heavy atom. The number of hydrogen-bond donors (Lipinski definition) is 3. The number of Topliss-reactive ketones (excluding diaryl/α,β-unsaturated/α-hetero) is 1. The first-order valence-corrected chi connectivity index (χ1v) is 20.1. The fourth-order valence-corrected chi connectivity index (χ4v) is 7.24.